The first kappa shape index (κ1) is 20.5. The molecule has 4 unspecified atom stereocenters. The number of hydrogen-bond donors (Lipinski definition) is 0. The summed E-state index contributed by atoms with van der Waals surface area (Å²) in [7, 11) is 0. The van der Waals surface area contributed by atoms with Crippen LogP contribution >= 0.6 is 0 Å². The van der Waals surface area contributed by atoms with E-state index in [1.54, 1.807) is 0 Å². The molecule has 0 saturated carbocycles. The van der Waals surface area contributed by atoms with Crippen LogP contribution in [0.1, 0.15) is 53.9 Å². The maximum absolute atomic E-state index is 12.1. The van der Waals surface area contributed by atoms with Crippen molar-refractivity contribution in [2.24, 2.45) is 17.3 Å². The maximum atomic E-state index is 12.1. The van der Waals surface area contributed by atoms with E-state index in [1.165, 1.54) is 0 Å². The third-order valence-corrected chi connectivity index (χ3v) is 5.34. The molecule has 0 aliphatic heterocycles. The Kier molecular flexibility index (Phi) is 6.87. The highest BCUT2D eigenvalue weighted by molar-refractivity contribution is 5.59. The molecule has 2 aliphatic rings. The van der Waals surface area contributed by atoms with E-state index < -0.39 is 11.8 Å². The van der Waals surface area contributed by atoms with Gasteiger partial charge < -0.3 is 4.74 Å². The van der Waals surface area contributed by atoms with Gasteiger partial charge in [0.15, 0.2) is 0 Å². The largest absolute Gasteiger partial charge is 0.540 e. The average Bonchev–Trinajstić information content (AvgIpc) is 2.61. The van der Waals surface area contributed by atoms with Crippen LogP contribution in [-0.4, -0.2) is 17.9 Å². The first-order valence-electron chi connectivity index (χ1n) is 9.59. The van der Waals surface area contributed by atoms with Crippen LogP contribution in [0.15, 0.2) is 48.6 Å². The van der Waals surface area contributed by atoms with Crippen LogP contribution < -0.4 is 0 Å². The van der Waals surface area contributed by atoms with Gasteiger partial charge in [-0.25, -0.2) is 4.79 Å². The van der Waals surface area contributed by atoms with Crippen molar-refractivity contribution in [1.29, 1.82) is 0 Å². The number of carbonyl (C=O) groups is 1. The van der Waals surface area contributed by atoms with E-state index in [0.717, 1.165) is 19.3 Å². The van der Waals surface area contributed by atoms with Crippen LogP contribution in [0.5, 0.6) is 0 Å². The third kappa shape index (κ3) is 4.47. The highest BCUT2D eigenvalue weighted by Crippen LogP contribution is 2.50. The van der Waals surface area contributed by atoms with Crippen LogP contribution in [0, 0.1) is 17.3 Å². The van der Waals surface area contributed by atoms with Gasteiger partial charge in [-0.3, -0.25) is 4.89 Å². The van der Waals surface area contributed by atoms with E-state index in [-0.39, 0.29) is 17.4 Å². The molecule has 0 heterocycles. The molecule has 2 aliphatic carbocycles. The number of ether oxygens (including phenoxy) is 1. The minimum Gasteiger partial charge on any atom is -0.429 e. The lowest BCUT2D eigenvalue weighted by atomic mass is 9.61. The molecule has 0 fully saturated rings. The zero-order valence-electron chi connectivity index (χ0n) is 16.6. The number of rotatable bonds is 7. The Labute approximate surface area is 157 Å². The summed E-state index contributed by atoms with van der Waals surface area (Å²) >= 11 is 0. The molecule has 0 aromatic carbocycles. The number of carbonyl (C=O) groups excluding carboxylic acids is 1. The lowest BCUT2D eigenvalue weighted by molar-refractivity contribution is -0.345. The van der Waals surface area contributed by atoms with Gasteiger partial charge in [0, 0.05) is 11.3 Å². The summed E-state index contributed by atoms with van der Waals surface area (Å²) in [6.07, 6.45) is 18.0. The van der Waals surface area contributed by atoms with Crippen LogP contribution in [0.4, 0.5) is 4.79 Å². The minimum atomic E-state index is -0.788. The Morgan fingerprint density at radius 3 is 2.50 bits per heavy atom. The van der Waals surface area contributed by atoms with Gasteiger partial charge in [-0.2, -0.15) is 4.89 Å². The second-order valence-corrected chi connectivity index (χ2v) is 7.94. The highest BCUT2D eigenvalue weighted by Gasteiger charge is 2.53. The molecule has 0 saturated heterocycles. The molecule has 144 valence electrons. The van der Waals surface area contributed by atoms with Crippen molar-refractivity contribution >= 4 is 6.16 Å². The molecule has 4 heteroatoms. The van der Waals surface area contributed by atoms with E-state index in [4.69, 9.17) is 14.5 Å². The molecule has 4 nitrogen and oxygen atoms in total. The van der Waals surface area contributed by atoms with Gasteiger partial charge in [-0.15, -0.1) is 0 Å². The topological polar surface area (TPSA) is 44.8 Å². The summed E-state index contributed by atoms with van der Waals surface area (Å²) in [4.78, 5) is 23.2. The highest BCUT2D eigenvalue weighted by atomic mass is 17.2. The molecule has 0 amide bonds. The van der Waals surface area contributed by atoms with Crippen LogP contribution in [-0.2, 0) is 14.5 Å². The Hall–Kier alpha value is -1.81. The summed E-state index contributed by atoms with van der Waals surface area (Å²) in [6.45, 7) is 10.3. The van der Waals surface area contributed by atoms with Gasteiger partial charge in [-0.1, -0.05) is 70.2 Å². The van der Waals surface area contributed by atoms with Crippen LogP contribution in [0.25, 0.3) is 0 Å². The Morgan fingerprint density at radius 2 is 1.88 bits per heavy atom. The zero-order chi connectivity index (χ0) is 19.2. The van der Waals surface area contributed by atoms with Crippen molar-refractivity contribution in [3.05, 3.63) is 48.6 Å². The first-order chi connectivity index (χ1) is 12.3. The van der Waals surface area contributed by atoms with Gasteiger partial charge in [-0.05, 0) is 38.2 Å². The molecule has 26 heavy (non-hydrogen) atoms. The summed E-state index contributed by atoms with van der Waals surface area (Å²) < 4.78 is 5.21. The zero-order valence-corrected chi connectivity index (χ0v) is 16.6. The van der Waals surface area contributed by atoms with Gasteiger partial charge in [0.2, 0.25) is 0 Å². The van der Waals surface area contributed by atoms with Gasteiger partial charge in [0.25, 0.3) is 0 Å². The van der Waals surface area contributed by atoms with Gasteiger partial charge in [0.1, 0.15) is 11.7 Å². The standard InChI is InChI=1S/C22H32O4/c1-6-18(4)24-20(23)25-26-22(21(5)13-9-7-10-14-21)15-11-8-12-19(22)16-17(2)3/h7-13,15,17-19H,6,14,16H2,1-5H3. The Morgan fingerprint density at radius 1 is 1.15 bits per heavy atom. The second kappa shape index (κ2) is 8.72. The van der Waals surface area contributed by atoms with Crippen molar-refractivity contribution in [3.8, 4) is 0 Å². The fourth-order valence-corrected chi connectivity index (χ4v) is 3.61. The number of allylic oxidation sites excluding steroid dienone is 5. The van der Waals surface area contributed by atoms with E-state index in [9.17, 15) is 4.79 Å². The molecule has 2 rings (SSSR count). The Balaban J connectivity index is 2.28. The minimum absolute atomic E-state index is 0.0880. The van der Waals surface area contributed by atoms with Crippen LogP contribution in [0.3, 0.4) is 0 Å². The predicted molar refractivity (Wildman–Crippen MR) is 103 cm³/mol. The second-order valence-electron chi connectivity index (χ2n) is 7.94. The summed E-state index contributed by atoms with van der Waals surface area (Å²) in [5.41, 5.74) is -1.11. The quantitative estimate of drug-likeness (QED) is 0.321. The average molecular weight is 360 g/mol. The monoisotopic (exact) mass is 360 g/mol. The summed E-state index contributed by atoms with van der Waals surface area (Å²) in [5.74, 6) is 0.572. The van der Waals surface area contributed by atoms with Crippen molar-refractivity contribution in [3.63, 3.8) is 0 Å². The van der Waals surface area contributed by atoms with Crippen molar-refractivity contribution < 1.29 is 19.3 Å². The van der Waals surface area contributed by atoms with E-state index >= 15 is 0 Å². The molecule has 0 aromatic heterocycles. The molecule has 0 aromatic rings. The van der Waals surface area contributed by atoms with Crippen molar-refractivity contribution in [2.45, 2.75) is 65.6 Å². The molecule has 0 N–H and O–H groups in total. The molecule has 0 radical (unpaired) electrons. The fourth-order valence-electron chi connectivity index (χ4n) is 3.61. The van der Waals surface area contributed by atoms with E-state index in [2.05, 4.69) is 39.0 Å². The maximum Gasteiger partial charge on any atom is 0.540 e. The van der Waals surface area contributed by atoms with E-state index in [0.29, 0.717) is 5.92 Å². The SMILES string of the molecule is CCC(C)OC(=O)OOC1(C2(C)C=CC=CC2)C=CC=CC1CC(C)C. The van der Waals surface area contributed by atoms with Gasteiger partial charge in [0.05, 0.1) is 0 Å². The molecule has 4 atom stereocenters. The Bertz CT molecular complexity index is 601. The predicted octanol–water partition coefficient (Wildman–Crippen LogP) is 5.92. The fraction of sp³-hybridized carbons (Fsp3) is 0.591. The normalized spacial score (nSPS) is 31.2. The van der Waals surface area contributed by atoms with E-state index in [1.807, 2.05) is 44.2 Å². The smallest absolute Gasteiger partial charge is 0.429 e. The van der Waals surface area contributed by atoms with Crippen LogP contribution in [0.2, 0.25) is 0 Å². The van der Waals surface area contributed by atoms with Gasteiger partial charge >= 0.3 is 6.16 Å². The van der Waals surface area contributed by atoms with Crippen molar-refractivity contribution in [2.75, 3.05) is 0 Å². The molecular formula is C22H32O4. The lowest BCUT2D eigenvalue weighted by Gasteiger charge is -2.48. The molecule has 0 bridgehead atoms. The first-order valence-corrected chi connectivity index (χ1v) is 9.59. The third-order valence-electron chi connectivity index (χ3n) is 5.34. The lowest BCUT2D eigenvalue weighted by Crippen LogP contribution is -2.53. The molecular weight excluding hydrogens is 328 g/mol. The summed E-state index contributed by atoms with van der Waals surface area (Å²) in [5, 5.41) is 0. The number of hydrogen-bond acceptors (Lipinski definition) is 4. The van der Waals surface area contributed by atoms with Crippen molar-refractivity contribution in [1.82, 2.24) is 0 Å². The summed E-state index contributed by atoms with van der Waals surface area (Å²) in [6, 6.07) is 0. The molecule has 0 spiro atoms.